The molecule has 6 heteroatoms. The van der Waals surface area contributed by atoms with Gasteiger partial charge in [-0.05, 0) is 31.4 Å². The summed E-state index contributed by atoms with van der Waals surface area (Å²) in [6.07, 6.45) is 3.34. The van der Waals surface area contributed by atoms with Crippen LogP contribution in [0, 0.1) is 0 Å². The quantitative estimate of drug-likeness (QED) is 0.804. The molecular formula is C17H21N3O2S. The fourth-order valence-corrected chi connectivity index (χ4v) is 3.85. The first kappa shape index (κ1) is 14.9. The molecule has 23 heavy (non-hydrogen) atoms. The first-order valence-corrected chi connectivity index (χ1v) is 9.36. The molecule has 4 rings (SSSR count). The predicted octanol–water partition coefficient (Wildman–Crippen LogP) is 1.93. The lowest BCUT2D eigenvalue weighted by atomic mass is 10.1. The molecule has 5 nitrogen and oxygen atoms in total. The Morgan fingerprint density at radius 3 is 2.39 bits per heavy atom. The Balaban J connectivity index is 1.67. The minimum atomic E-state index is -0.0518. The lowest BCUT2D eigenvalue weighted by Crippen LogP contribution is -2.39. The number of hydrogen-bond acceptors (Lipinski definition) is 3. The molecule has 0 aliphatic carbocycles. The smallest absolute Gasteiger partial charge is 0.329 e. The number of piperidine rings is 1. The zero-order valence-corrected chi connectivity index (χ0v) is 13.9. The number of thioether (sulfide) groups is 1. The second-order valence-corrected chi connectivity index (χ2v) is 7.70. The summed E-state index contributed by atoms with van der Waals surface area (Å²) in [5.41, 5.74) is 1.76. The van der Waals surface area contributed by atoms with E-state index >= 15 is 0 Å². The number of rotatable bonds is 4. The van der Waals surface area contributed by atoms with E-state index in [4.69, 9.17) is 0 Å². The average molecular weight is 331 g/mol. The summed E-state index contributed by atoms with van der Waals surface area (Å²) in [6.45, 7) is 2.55. The zero-order valence-electron chi connectivity index (χ0n) is 13.1. The van der Waals surface area contributed by atoms with Gasteiger partial charge in [-0.1, -0.05) is 12.1 Å². The Kier molecular flexibility index (Phi) is 3.93. The van der Waals surface area contributed by atoms with Crippen LogP contribution < -0.4 is 5.69 Å². The number of imidazole rings is 1. The topological polar surface area (TPSA) is 47.2 Å². The number of fused-ring (bicyclic) bond motifs is 1. The monoisotopic (exact) mass is 331 g/mol. The zero-order chi connectivity index (χ0) is 15.8. The largest absolute Gasteiger partial charge is 0.341 e. The maximum Gasteiger partial charge on any atom is 0.329 e. The molecule has 0 unspecified atom stereocenters. The average Bonchev–Trinajstić information content (AvgIpc) is 3.38. The third-order valence-electron chi connectivity index (χ3n) is 4.72. The second kappa shape index (κ2) is 6.07. The molecule has 1 atom stereocenters. The molecule has 3 heterocycles. The maximum absolute atomic E-state index is 12.8. The summed E-state index contributed by atoms with van der Waals surface area (Å²) < 4.78 is 3.49. The van der Waals surface area contributed by atoms with Crippen LogP contribution in [0.25, 0.3) is 11.0 Å². The van der Waals surface area contributed by atoms with Crippen molar-refractivity contribution in [2.45, 2.75) is 37.6 Å². The highest BCUT2D eigenvalue weighted by Gasteiger charge is 2.26. The van der Waals surface area contributed by atoms with Gasteiger partial charge >= 0.3 is 5.69 Å². The van der Waals surface area contributed by atoms with Gasteiger partial charge in [-0.25, -0.2) is 4.79 Å². The Morgan fingerprint density at radius 1 is 1.09 bits per heavy atom. The Labute approximate surface area is 139 Å². The van der Waals surface area contributed by atoms with Gasteiger partial charge in [0.1, 0.15) is 6.54 Å². The first-order chi connectivity index (χ1) is 11.2. The summed E-state index contributed by atoms with van der Waals surface area (Å²) in [5, 5.41) is 0.546. The van der Waals surface area contributed by atoms with Gasteiger partial charge in [0.25, 0.3) is 0 Å². The first-order valence-electron chi connectivity index (χ1n) is 8.31. The number of carbonyl (C=O) groups is 1. The van der Waals surface area contributed by atoms with Crippen LogP contribution in [-0.2, 0) is 17.9 Å². The highest BCUT2D eigenvalue weighted by Crippen LogP contribution is 2.31. The van der Waals surface area contributed by atoms with Crippen LogP contribution in [0.1, 0.15) is 19.3 Å². The predicted molar refractivity (Wildman–Crippen MR) is 92.9 cm³/mol. The molecule has 0 N–H and O–H groups in total. The molecule has 2 saturated heterocycles. The number of aromatic nitrogens is 2. The number of likely N-dealkylation sites (tertiary alicyclic amines) is 1. The van der Waals surface area contributed by atoms with Crippen molar-refractivity contribution in [3.8, 4) is 0 Å². The van der Waals surface area contributed by atoms with Gasteiger partial charge in [-0.15, -0.1) is 0 Å². The van der Waals surface area contributed by atoms with E-state index in [-0.39, 0.29) is 18.1 Å². The standard InChI is InChI=1S/C17H21N3O2S/c21-16(18-8-4-1-5-9-18)11-20-15-7-3-2-6-14(15)19(17(20)22)10-13-12-23-13/h2-3,6-7,13H,1,4-5,8-12H2/t13-/m0/s1. The summed E-state index contributed by atoms with van der Waals surface area (Å²) in [4.78, 5) is 27.3. The van der Waals surface area contributed by atoms with Crippen LogP contribution in [0.15, 0.2) is 29.1 Å². The van der Waals surface area contributed by atoms with Crippen molar-refractivity contribution in [3.63, 3.8) is 0 Å². The summed E-state index contributed by atoms with van der Waals surface area (Å²) >= 11 is 1.88. The fourth-order valence-electron chi connectivity index (χ4n) is 3.36. The van der Waals surface area contributed by atoms with E-state index in [1.807, 2.05) is 45.5 Å². The number of carbonyl (C=O) groups excluding carboxylic acids is 1. The molecule has 2 fully saturated rings. The molecule has 122 valence electrons. The van der Waals surface area contributed by atoms with Crippen LogP contribution in [0.2, 0.25) is 0 Å². The van der Waals surface area contributed by atoms with Crippen molar-refractivity contribution < 1.29 is 4.79 Å². The van der Waals surface area contributed by atoms with Gasteiger partial charge in [-0.2, -0.15) is 11.8 Å². The van der Waals surface area contributed by atoms with Gasteiger partial charge in [0, 0.05) is 30.6 Å². The normalized spacial score (nSPS) is 20.9. The van der Waals surface area contributed by atoms with Gasteiger partial charge in [0.2, 0.25) is 5.91 Å². The minimum absolute atomic E-state index is 0.0518. The van der Waals surface area contributed by atoms with Crippen LogP contribution in [0.4, 0.5) is 0 Å². The van der Waals surface area contributed by atoms with Crippen molar-refractivity contribution in [3.05, 3.63) is 34.7 Å². The van der Waals surface area contributed by atoms with E-state index in [2.05, 4.69) is 0 Å². The van der Waals surface area contributed by atoms with E-state index in [9.17, 15) is 9.59 Å². The number of amides is 1. The van der Waals surface area contributed by atoms with E-state index in [0.29, 0.717) is 5.25 Å². The lowest BCUT2D eigenvalue weighted by molar-refractivity contribution is -0.132. The number of hydrogen-bond donors (Lipinski definition) is 0. The maximum atomic E-state index is 12.8. The number of benzene rings is 1. The van der Waals surface area contributed by atoms with Crippen LogP contribution >= 0.6 is 11.8 Å². The summed E-state index contributed by atoms with van der Waals surface area (Å²) in [7, 11) is 0. The molecule has 2 aliphatic heterocycles. The Morgan fingerprint density at radius 2 is 1.74 bits per heavy atom. The Hall–Kier alpha value is -1.69. The van der Waals surface area contributed by atoms with E-state index in [1.54, 1.807) is 4.57 Å². The SMILES string of the molecule is O=C(Cn1c(=O)n(C[C@H]2CS2)c2ccccc21)N1CCCCC1. The van der Waals surface area contributed by atoms with Crippen LogP contribution in [0.5, 0.6) is 0 Å². The van der Waals surface area contributed by atoms with Crippen LogP contribution in [0.3, 0.4) is 0 Å². The summed E-state index contributed by atoms with van der Waals surface area (Å²) in [5.74, 6) is 1.19. The third-order valence-corrected chi connectivity index (χ3v) is 5.67. The fraction of sp³-hybridized carbons (Fsp3) is 0.529. The molecule has 2 aliphatic rings. The van der Waals surface area contributed by atoms with Crippen molar-refractivity contribution >= 4 is 28.7 Å². The highest BCUT2D eigenvalue weighted by molar-refractivity contribution is 8.06. The molecule has 0 bridgehead atoms. The van der Waals surface area contributed by atoms with Gasteiger partial charge in [0.15, 0.2) is 0 Å². The van der Waals surface area contributed by atoms with Crippen molar-refractivity contribution in [1.29, 1.82) is 0 Å². The molecule has 0 radical (unpaired) electrons. The van der Waals surface area contributed by atoms with Crippen molar-refractivity contribution in [2.24, 2.45) is 0 Å². The molecule has 2 aromatic rings. The third kappa shape index (κ3) is 2.92. The van der Waals surface area contributed by atoms with Gasteiger partial charge in [0.05, 0.1) is 11.0 Å². The van der Waals surface area contributed by atoms with Crippen molar-refractivity contribution in [1.82, 2.24) is 14.0 Å². The van der Waals surface area contributed by atoms with E-state index in [0.717, 1.165) is 49.3 Å². The molecule has 0 spiro atoms. The van der Waals surface area contributed by atoms with Crippen LogP contribution in [-0.4, -0.2) is 44.0 Å². The van der Waals surface area contributed by atoms with Gasteiger partial charge in [-0.3, -0.25) is 13.9 Å². The lowest BCUT2D eigenvalue weighted by Gasteiger charge is -2.26. The molecule has 0 saturated carbocycles. The van der Waals surface area contributed by atoms with E-state index in [1.165, 1.54) is 6.42 Å². The second-order valence-electron chi connectivity index (χ2n) is 6.36. The molecule has 1 aromatic heterocycles. The van der Waals surface area contributed by atoms with E-state index < -0.39 is 0 Å². The molecular weight excluding hydrogens is 310 g/mol. The minimum Gasteiger partial charge on any atom is -0.341 e. The molecule has 1 amide bonds. The number of para-hydroxylation sites is 2. The Bertz CT molecular complexity index is 785. The van der Waals surface area contributed by atoms with Gasteiger partial charge < -0.3 is 4.90 Å². The summed E-state index contributed by atoms with van der Waals surface area (Å²) in [6, 6.07) is 7.80. The molecule has 1 aromatic carbocycles. The number of nitrogens with zero attached hydrogens (tertiary/aromatic N) is 3. The highest BCUT2D eigenvalue weighted by atomic mass is 32.2. The van der Waals surface area contributed by atoms with Crippen molar-refractivity contribution in [2.75, 3.05) is 18.8 Å².